The van der Waals surface area contributed by atoms with Crippen molar-refractivity contribution >= 4 is 17.8 Å². The molecular formula is C15H16F3N5O5. The summed E-state index contributed by atoms with van der Waals surface area (Å²) in [6, 6.07) is 3.74. The number of anilines is 1. The smallest absolute Gasteiger partial charge is 0.480 e. The summed E-state index contributed by atoms with van der Waals surface area (Å²) in [5, 5.41) is 23.2. The van der Waals surface area contributed by atoms with E-state index in [4.69, 9.17) is 15.0 Å². The molecule has 0 saturated heterocycles. The van der Waals surface area contributed by atoms with E-state index >= 15 is 0 Å². The van der Waals surface area contributed by atoms with Gasteiger partial charge in [0, 0.05) is 12.3 Å². The van der Waals surface area contributed by atoms with Crippen molar-refractivity contribution in [2.75, 3.05) is 5.32 Å². The number of alkyl halides is 3. The standard InChI is InChI=1S/C13H15N5O3.C2HF3O2/c19-12-5-11(15-8-17(12)7-13(20)21)14-6-9-3-4-18(16-9)10-1-2-10;3-2(4,5)1(6)7/h3-5,8,10,14H,1-2,6-7H2,(H,20,21);(H,6,7). The Morgan fingerprint density at radius 3 is 2.43 bits per heavy atom. The molecular weight excluding hydrogens is 387 g/mol. The molecule has 0 aromatic carbocycles. The van der Waals surface area contributed by atoms with Crippen molar-refractivity contribution in [3.05, 3.63) is 40.7 Å². The van der Waals surface area contributed by atoms with E-state index in [2.05, 4.69) is 15.4 Å². The number of carboxylic acid groups (broad SMARTS) is 2. The molecule has 10 nitrogen and oxygen atoms in total. The molecule has 1 aliphatic carbocycles. The Kier molecular flexibility index (Phi) is 6.38. The van der Waals surface area contributed by atoms with Gasteiger partial charge in [0.05, 0.1) is 18.3 Å². The van der Waals surface area contributed by atoms with Crippen LogP contribution in [0.1, 0.15) is 24.6 Å². The largest absolute Gasteiger partial charge is 0.490 e. The summed E-state index contributed by atoms with van der Waals surface area (Å²) in [5.74, 6) is -3.43. The van der Waals surface area contributed by atoms with Crippen molar-refractivity contribution < 1.29 is 33.0 Å². The lowest BCUT2D eigenvalue weighted by atomic mass is 10.4. The normalized spacial score (nSPS) is 13.4. The number of nitrogens with one attached hydrogen (secondary N) is 1. The second-order valence-electron chi connectivity index (χ2n) is 5.81. The fourth-order valence-electron chi connectivity index (χ4n) is 1.98. The van der Waals surface area contributed by atoms with Gasteiger partial charge in [0.1, 0.15) is 18.7 Å². The van der Waals surface area contributed by atoms with E-state index < -0.39 is 30.2 Å². The van der Waals surface area contributed by atoms with Crippen molar-refractivity contribution in [3.8, 4) is 0 Å². The van der Waals surface area contributed by atoms with E-state index in [-0.39, 0.29) is 0 Å². The molecule has 1 saturated carbocycles. The number of nitrogens with zero attached hydrogens (tertiary/aromatic N) is 4. The maximum absolute atomic E-state index is 11.7. The minimum atomic E-state index is -5.08. The molecule has 1 fully saturated rings. The Hall–Kier alpha value is -3.38. The maximum atomic E-state index is 11.7. The summed E-state index contributed by atoms with van der Waals surface area (Å²) < 4.78 is 34.7. The van der Waals surface area contributed by atoms with Crippen LogP contribution in [0.3, 0.4) is 0 Å². The summed E-state index contributed by atoms with van der Waals surface area (Å²) in [7, 11) is 0. The van der Waals surface area contributed by atoms with Crippen molar-refractivity contribution in [2.45, 2.75) is 38.1 Å². The van der Waals surface area contributed by atoms with Crippen LogP contribution in [0, 0.1) is 0 Å². The first-order valence-corrected chi connectivity index (χ1v) is 7.92. The average molecular weight is 403 g/mol. The van der Waals surface area contributed by atoms with Crippen LogP contribution in [0.2, 0.25) is 0 Å². The van der Waals surface area contributed by atoms with Gasteiger partial charge < -0.3 is 15.5 Å². The molecule has 3 N–H and O–H groups in total. The first-order chi connectivity index (χ1) is 13.1. The molecule has 0 aliphatic heterocycles. The summed E-state index contributed by atoms with van der Waals surface area (Å²) in [6.07, 6.45) is 0.449. The van der Waals surface area contributed by atoms with Gasteiger partial charge in [-0.2, -0.15) is 18.3 Å². The third kappa shape index (κ3) is 6.41. The molecule has 2 heterocycles. The molecule has 3 rings (SSSR count). The average Bonchev–Trinajstić information content (AvgIpc) is 3.33. The molecule has 0 atom stereocenters. The van der Waals surface area contributed by atoms with Crippen molar-refractivity contribution in [1.82, 2.24) is 19.3 Å². The van der Waals surface area contributed by atoms with Gasteiger partial charge >= 0.3 is 18.1 Å². The molecule has 2 aromatic rings. The van der Waals surface area contributed by atoms with Crippen LogP contribution in [-0.2, 0) is 22.7 Å². The lowest BCUT2D eigenvalue weighted by Gasteiger charge is -2.05. The molecule has 0 bridgehead atoms. The summed E-state index contributed by atoms with van der Waals surface area (Å²) in [5.41, 5.74) is 0.469. The molecule has 152 valence electrons. The first kappa shape index (κ1) is 20.9. The van der Waals surface area contributed by atoms with Gasteiger partial charge in [0.25, 0.3) is 5.56 Å². The van der Waals surface area contributed by atoms with Gasteiger partial charge in [-0.05, 0) is 18.9 Å². The number of rotatable bonds is 6. The fraction of sp³-hybridized carbons (Fsp3) is 0.400. The monoisotopic (exact) mass is 403 g/mol. The van der Waals surface area contributed by atoms with E-state index in [1.54, 1.807) is 0 Å². The molecule has 0 amide bonds. The molecule has 28 heavy (non-hydrogen) atoms. The SMILES string of the molecule is O=C(O)C(F)(F)F.O=C(O)Cn1cnc(NCc2ccn(C3CC3)n2)cc1=O. The number of hydrogen-bond donors (Lipinski definition) is 3. The van der Waals surface area contributed by atoms with Gasteiger partial charge in [0.2, 0.25) is 0 Å². The van der Waals surface area contributed by atoms with Gasteiger partial charge in [-0.1, -0.05) is 0 Å². The van der Waals surface area contributed by atoms with Crippen LogP contribution >= 0.6 is 0 Å². The Bertz CT molecular complexity index is 904. The third-order valence-electron chi connectivity index (χ3n) is 3.46. The zero-order chi connectivity index (χ0) is 20.9. The van der Waals surface area contributed by atoms with E-state index in [1.165, 1.54) is 25.2 Å². The fourth-order valence-corrected chi connectivity index (χ4v) is 1.98. The topological polar surface area (TPSA) is 139 Å². The Morgan fingerprint density at radius 1 is 1.29 bits per heavy atom. The minimum absolute atomic E-state index is 0.391. The molecule has 0 radical (unpaired) electrons. The molecule has 13 heteroatoms. The third-order valence-corrected chi connectivity index (χ3v) is 3.46. The van der Waals surface area contributed by atoms with E-state index in [0.29, 0.717) is 18.4 Å². The first-order valence-electron chi connectivity index (χ1n) is 7.92. The lowest BCUT2D eigenvalue weighted by molar-refractivity contribution is -0.192. The number of carbonyl (C=O) groups is 2. The highest BCUT2D eigenvalue weighted by molar-refractivity contribution is 5.73. The highest BCUT2D eigenvalue weighted by atomic mass is 19.4. The second-order valence-corrected chi connectivity index (χ2v) is 5.81. The highest BCUT2D eigenvalue weighted by Crippen LogP contribution is 2.33. The molecule has 0 unspecified atom stereocenters. The molecule has 0 spiro atoms. The van der Waals surface area contributed by atoms with Crippen molar-refractivity contribution in [2.24, 2.45) is 0 Å². The Labute approximate surface area is 155 Å². The predicted octanol–water partition coefficient (Wildman–Crippen LogP) is 1.10. The quantitative estimate of drug-likeness (QED) is 0.652. The van der Waals surface area contributed by atoms with Gasteiger partial charge in [-0.25, -0.2) is 9.78 Å². The second kappa shape index (κ2) is 8.54. The van der Waals surface area contributed by atoms with Crippen LogP contribution < -0.4 is 10.9 Å². The number of hydrogen-bond acceptors (Lipinski definition) is 6. The lowest BCUT2D eigenvalue weighted by Crippen LogP contribution is -2.24. The van der Waals surface area contributed by atoms with Crippen LogP contribution in [0.5, 0.6) is 0 Å². The zero-order valence-corrected chi connectivity index (χ0v) is 14.3. The van der Waals surface area contributed by atoms with E-state index in [0.717, 1.165) is 10.3 Å². The Balaban J connectivity index is 0.000000345. The van der Waals surface area contributed by atoms with Gasteiger partial charge in [0.15, 0.2) is 0 Å². The van der Waals surface area contributed by atoms with Gasteiger partial charge in [-0.15, -0.1) is 0 Å². The molecule has 2 aromatic heterocycles. The zero-order valence-electron chi connectivity index (χ0n) is 14.3. The maximum Gasteiger partial charge on any atom is 0.490 e. The van der Waals surface area contributed by atoms with Crippen LogP contribution in [0.4, 0.5) is 19.0 Å². The van der Waals surface area contributed by atoms with E-state index in [1.807, 2.05) is 16.9 Å². The van der Waals surface area contributed by atoms with Crippen molar-refractivity contribution in [1.29, 1.82) is 0 Å². The summed E-state index contributed by atoms with van der Waals surface area (Å²) in [6.45, 7) is 0.0764. The van der Waals surface area contributed by atoms with Crippen LogP contribution in [-0.4, -0.2) is 47.7 Å². The van der Waals surface area contributed by atoms with Crippen molar-refractivity contribution in [3.63, 3.8) is 0 Å². The van der Waals surface area contributed by atoms with Crippen LogP contribution in [0.25, 0.3) is 0 Å². The minimum Gasteiger partial charge on any atom is -0.480 e. The predicted molar refractivity (Wildman–Crippen MR) is 87.6 cm³/mol. The highest BCUT2D eigenvalue weighted by Gasteiger charge is 2.38. The molecule has 1 aliphatic rings. The van der Waals surface area contributed by atoms with Crippen LogP contribution in [0.15, 0.2) is 29.5 Å². The van der Waals surface area contributed by atoms with Gasteiger partial charge in [-0.3, -0.25) is 18.8 Å². The summed E-state index contributed by atoms with van der Waals surface area (Å²) in [4.78, 5) is 35.2. The number of halogens is 3. The van der Waals surface area contributed by atoms with E-state index in [9.17, 15) is 22.8 Å². The summed E-state index contributed by atoms with van der Waals surface area (Å²) >= 11 is 0. The number of carboxylic acids is 2. The number of aliphatic carboxylic acids is 2. The Morgan fingerprint density at radius 2 is 1.93 bits per heavy atom. The number of aromatic nitrogens is 4.